The number of Topliss-reactive ketones (excluding diaryl/α,β-unsaturated/α-hetero) is 1. The van der Waals surface area contributed by atoms with Crippen molar-refractivity contribution in [3.05, 3.63) is 53.6 Å². The van der Waals surface area contributed by atoms with Crippen LogP contribution in [0.3, 0.4) is 0 Å². The lowest BCUT2D eigenvalue weighted by molar-refractivity contribution is 0.0641. The van der Waals surface area contributed by atoms with Gasteiger partial charge in [-0.15, -0.1) is 0 Å². The lowest BCUT2D eigenvalue weighted by Crippen LogP contribution is -2.41. The largest absolute Gasteiger partial charge is 0.337 e. The van der Waals surface area contributed by atoms with Gasteiger partial charge in [0.25, 0.3) is 5.91 Å². The molecule has 0 bridgehead atoms. The van der Waals surface area contributed by atoms with Crippen LogP contribution in [0, 0.1) is 11.7 Å². The molecule has 0 N–H and O–H groups in total. The lowest BCUT2D eigenvalue weighted by atomic mass is 9.89. The van der Waals surface area contributed by atoms with Crippen molar-refractivity contribution in [1.29, 1.82) is 0 Å². The SMILES string of the molecule is Cn1nccc1C(=O)N1CCC(C(=O)c2ccc(F)cc2)CC1. The minimum Gasteiger partial charge on any atom is -0.337 e. The zero-order valence-corrected chi connectivity index (χ0v) is 12.9. The molecule has 3 rings (SSSR count). The van der Waals surface area contributed by atoms with Crippen molar-refractivity contribution in [3.63, 3.8) is 0 Å². The number of amides is 1. The van der Waals surface area contributed by atoms with Crippen molar-refractivity contribution in [2.45, 2.75) is 12.8 Å². The number of carbonyl (C=O) groups is 2. The molecule has 1 aliphatic rings. The number of likely N-dealkylation sites (tertiary alicyclic amines) is 1. The van der Waals surface area contributed by atoms with Crippen LogP contribution in [0.1, 0.15) is 33.7 Å². The van der Waals surface area contributed by atoms with Crippen LogP contribution < -0.4 is 0 Å². The maximum absolute atomic E-state index is 12.9. The molecule has 5 nitrogen and oxygen atoms in total. The third kappa shape index (κ3) is 3.16. The number of halogens is 1. The first-order chi connectivity index (χ1) is 11.1. The number of rotatable bonds is 3. The topological polar surface area (TPSA) is 55.2 Å². The first kappa shape index (κ1) is 15.4. The fourth-order valence-electron chi connectivity index (χ4n) is 2.94. The first-order valence-electron chi connectivity index (χ1n) is 7.63. The zero-order chi connectivity index (χ0) is 16.4. The molecule has 1 amide bonds. The number of piperidine rings is 1. The van der Waals surface area contributed by atoms with Crippen molar-refractivity contribution in [2.24, 2.45) is 13.0 Å². The number of hydrogen-bond acceptors (Lipinski definition) is 3. The van der Waals surface area contributed by atoms with Crippen molar-refractivity contribution < 1.29 is 14.0 Å². The second-order valence-electron chi connectivity index (χ2n) is 5.78. The minimum absolute atomic E-state index is 0.0256. The smallest absolute Gasteiger partial charge is 0.272 e. The number of hydrogen-bond donors (Lipinski definition) is 0. The second kappa shape index (κ2) is 6.32. The summed E-state index contributed by atoms with van der Waals surface area (Å²) < 4.78 is 14.5. The van der Waals surface area contributed by atoms with E-state index < -0.39 is 0 Å². The Labute approximate surface area is 133 Å². The van der Waals surface area contributed by atoms with E-state index in [0.717, 1.165) is 0 Å². The molecule has 6 heteroatoms. The van der Waals surface area contributed by atoms with Crippen molar-refractivity contribution in [3.8, 4) is 0 Å². The molecule has 0 spiro atoms. The molecule has 0 radical (unpaired) electrons. The summed E-state index contributed by atoms with van der Waals surface area (Å²) in [5.41, 5.74) is 1.08. The second-order valence-corrected chi connectivity index (χ2v) is 5.78. The molecule has 2 aromatic rings. The van der Waals surface area contributed by atoms with E-state index in [1.807, 2.05) is 0 Å². The summed E-state index contributed by atoms with van der Waals surface area (Å²) in [6.07, 6.45) is 2.84. The Morgan fingerprint density at radius 2 is 1.78 bits per heavy atom. The maximum Gasteiger partial charge on any atom is 0.272 e. The monoisotopic (exact) mass is 315 g/mol. The summed E-state index contributed by atoms with van der Waals surface area (Å²) in [5, 5.41) is 4.01. The maximum atomic E-state index is 12.9. The Morgan fingerprint density at radius 1 is 1.13 bits per heavy atom. The van der Waals surface area contributed by atoms with E-state index in [4.69, 9.17) is 0 Å². The van der Waals surface area contributed by atoms with Crippen LogP contribution in [0.2, 0.25) is 0 Å². The van der Waals surface area contributed by atoms with Crippen LogP contribution in [0.15, 0.2) is 36.5 Å². The highest BCUT2D eigenvalue weighted by atomic mass is 19.1. The molecule has 0 saturated carbocycles. The Kier molecular flexibility index (Phi) is 4.23. The Bertz CT molecular complexity index is 716. The van der Waals surface area contributed by atoms with Crippen molar-refractivity contribution >= 4 is 11.7 Å². The number of nitrogens with zero attached hydrogens (tertiary/aromatic N) is 3. The summed E-state index contributed by atoms with van der Waals surface area (Å²) in [4.78, 5) is 26.6. The quantitative estimate of drug-likeness (QED) is 0.817. The number of benzene rings is 1. The van der Waals surface area contributed by atoms with Crippen LogP contribution >= 0.6 is 0 Å². The van der Waals surface area contributed by atoms with Crippen LogP contribution in [-0.2, 0) is 7.05 Å². The normalized spacial score (nSPS) is 15.7. The Balaban J connectivity index is 1.62. The molecule has 1 aromatic heterocycles. The summed E-state index contributed by atoms with van der Waals surface area (Å²) >= 11 is 0. The number of carbonyl (C=O) groups excluding carboxylic acids is 2. The number of aromatic nitrogens is 2. The molecule has 1 fully saturated rings. The molecule has 0 aliphatic carbocycles. The summed E-state index contributed by atoms with van der Waals surface area (Å²) in [6.45, 7) is 1.09. The van der Waals surface area contributed by atoms with E-state index in [-0.39, 0.29) is 23.4 Å². The molecule has 2 heterocycles. The van der Waals surface area contributed by atoms with Gasteiger partial charge in [-0.2, -0.15) is 5.10 Å². The first-order valence-corrected chi connectivity index (χ1v) is 7.63. The van der Waals surface area contributed by atoms with Gasteiger partial charge in [0.2, 0.25) is 0 Å². The molecule has 23 heavy (non-hydrogen) atoms. The minimum atomic E-state index is -0.349. The van der Waals surface area contributed by atoms with Gasteiger partial charge in [-0.25, -0.2) is 4.39 Å². The van der Waals surface area contributed by atoms with E-state index in [2.05, 4.69) is 5.10 Å². The third-order valence-corrected chi connectivity index (χ3v) is 4.32. The van der Waals surface area contributed by atoms with Crippen LogP contribution in [0.4, 0.5) is 4.39 Å². The molecular formula is C17H18FN3O2. The van der Waals surface area contributed by atoms with E-state index in [9.17, 15) is 14.0 Å². The zero-order valence-electron chi connectivity index (χ0n) is 12.9. The summed E-state index contributed by atoms with van der Waals surface area (Å²) in [5.74, 6) is -0.496. The fraction of sp³-hybridized carbons (Fsp3) is 0.353. The highest BCUT2D eigenvalue weighted by molar-refractivity contribution is 5.98. The predicted molar refractivity (Wildman–Crippen MR) is 82.6 cm³/mol. The summed E-state index contributed by atoms with van der Waals surface area (Å²) in [6, 6.07) is 7.33. The predicted octanol–water partition coefficient (Wildman–Crippen LogP) is 2.29. The Morgan fingerprint density at radius 3 is 2.35 bits per heavy atom. The van der Waals surface area contributed by atoms with Gasteiger partial charge in [0.1, 0.15) is 11.5 Å². The average Bonchev–Trinajstić information content (AvgIpc) is 3.00. The lowest BCUT2D eigenvalue weighted by Gasteiger charge is -2.31. The molecule has 1 saturated heterocycles. The van der Waals surface area contributed by atoms with Crippen molar-refractivity contribution in [1.82, 2.24) is 14.7 Å². The number of ketones is 1. The molecule has 0 atom stereocenters. The van der Waals surface area contributed by atoms with Gasteiger partial charge in [0.05, 0.1) is 0 Å². The average molecular weight is 315 g/mol. The Hall–Kier alpha value is -2.50. The molecule has 120 valence electrons. The summed E-state index contributed by atoms with van der Waals surface area (Å²) in [7, 11) is 1.73. The van der Waals surface area contributed by atoms with Crippen LogP contribution in [0.5, 0.6) is 0 Å². The van der Waals surface area contributed by atoms with Crippen LogP contribution in [0.25, 0.3) is 0 Å². The highest BCUT2D eigenvalue weighted by Gasteiger charge is 2.29. The third-order valence-electron chi connectivity index (χ3n) is 4.32. The van der Waals surface area contributed by atoms with Gasteiger partial charge >= 0.3 is 0 Å². The van der Waals surface area contributed by atoms with E-state index in [1.54, 1.807) is 28.9 Å². The molecular weight excluding hydrogens is 297 g/mol. The van der Waals surface area contributed by atoms with Gasteiger partial charge in [-0.1, -0.05) is 0 Å². The fourth-order valence-corrected chi connectivity index (χ4v) is 2.94. The van der Waals surface area contributed by atoms with E-state index in [0.29, 0.717) is 37.2 Å². The van der Waals surface area contributed by atoms with E-state index >= 15 is 0 Å². The van der Waals surface area contributed by atoms with Crippen molar-refractivity contribution in [2.75, 3.05) is 13.1 Å². The van der Waals surface area contributed by atoms with Gasteiger partial charge in [-0.3, -0.25) is 14.3 Å². The van der Waals surface area contributed by atoms with Crippen LogP contribution in [-0.4, -0.2) is 39.5 Å². The molecule has 0 unspecified atom stereocenters. The van der Waals surface area contributed by atoms with Gasteiger partial charge in [-0.05, 0) is 43.2 Å². The van der Waals surface area contributed by atoms with Gasteiger partial charge in [0.15, 0.2) is 5.78 Å². The number of aryl methyl sites for hydroxylation is 1. The molecule has 1 aromatic carbocycles. The van der Waals surface area contributed by atoms with Gasteiger partial charge in [0, 0.05) is 37.8 Å². The highest BCUT2D eigenvalue weighted by Crippen LogP contribution is 2.23. The van der Waals surface area contributed by atoms with Gasteiger partial charge < -0.3 is 4.90 Å². The van der Waals surface area contributed by atoms with E-state index in [1.165, 1.54) is 24.3 Å². The molecule has 1 aliphatic heterocycles. The standard InChI is InChI=1S/C17H18FN3O2/c1-20-15(6-9-19-20)17(23)21-10-7-13(8-11-21)16(22)12-2-4-14(18)5-3-12/h2-6,9,13H,7-8,10-11H2,1H3.